The Bertz CT molecular complexity index is 1300. The zero-order chi connectivity index (χ0) is 30.3. The minimum Gasteiger partial charge on any atom is -0.506 e. The molecule has 6 heteroatoms. The van der Waals surface area contributed by atoms with Gasteiger partial charge in [0.25, 0.3) is 0 Å². The summed E-state index contributed by atoms with van der Waals surface area (Å²) in [7, 11) is 0. The largest absolute Gasteiger partial charge is 0.506 e. The molecule has 0 saturated heterocycles. The number of aliphatic hydroxyl groups excluding tert-OH is 2. The summed E-state index contributed by atoms with van der Waals surface area (Å²) in [5, 5.41) is 21.9. The molecule has 2 fully saturated rings. The third-order valence-corrected chi connectivity index (χ3v) is 7.94. The number of Topliss-reactive ketones (excluding diaryl/α,β-unsaturated/α-hetero) is 2. The Morgan fingerprint density at radius 3 is 1.31 bits per heavy atom. The molecular weight excluding hydrogens is 524 g/mol. The van der Waals surface area contributed by atoms with Gasteiger partial charge in [-0.3, -0.25) is 19.6 Å². The second kappa shape index (κ2) is 13.5. The van der Waals surface area contributed by atoms with Gasteiger partial charge in [-0.2, -0.15) is 0 Å². The fourth-order valence-electron chi connectivity index (χ4n) is 5.87. The number of hydrogen-bond donors (Lipinski definition) is 2. The molecule has 0 bridgehead atoms. The number of carbonyl (C=O) groups excluding carboxylic acids is 2. The van der Waals surface area contributed by atoms with Crippen LogP contribution in [0.4, 0.5) is 0 Å². The van der Waals surface area contributed by atoms with Crippen molar-refractivity contribution in [3.8, 4) is 0 Å². The minimum absolute atomic E-state index is 0.0186. The van der Waals surface area contributed by atoms with E-state index in [-0.39, 0.29) is 33.9 Å². The van der Waals surface area contributed by atoms with Crippen LogP contribution < -0.4 is 0 Å². The summed E-state index contributed by atoms with van der Waals surface area (Å²) in [6.45, 7) is 9.47. The van der Waals surface area contributed by atoms with Crippen LogP contribution in [0.3, 0.4) is 0 Å². The van der Waals surface area contributed by atoms with Crippen molar-refractivity contribution < 1.29 is 19.8 Å². The molecule has 0 radical (unpaired) electrons. The maximum Gasteiger partial charge on any atom is 0.168 e. The maximum absolute atomic E-state index is 13.0. The smallest absolute Gasteiger partial charge is 0.168 e. The molecule has 222 valence electrons. The zero-order valence-electron chi connectivity index (χ0n) is 25.4. The first-order valence-electron chi connectivity index (χ1n) is 15.1. The van der Waals surface area contributed by atoms with E-state index in [9.17, 15) is 19.8 Å². The Kier molecular flexibility index (Phi) is 9.97. The van der Waals surface area contributed by atoms with Crippen LogP contribution in [0.5, 0.6) is 0 Å². The molecule has 2 aliphatic rings. The number of carbonyl (C=O) groups is 2. The van der Waals surface area contributed by atoms with Crippen LogP contribution in [0.15, 0.2) is 81.8 Å². The third kappa shape index (κ3) is 7.93. The highest BCUT2D eigenvalue weighted by Gasteiger charge is 2.37. The Balaban J connectivity index is 1.36. The van der Waals surface area contributed by atoms with Crippen LogP contribution in [-0.4, -0.2) is 46.3 Å². The Hall–Kier alpha value is -3.80. The molecule has 2 aliphatic carbocycles. The van der Waals surface area contributed by atoms with Crippen molar-refractivity contribution in [2.45, 2.75) is 79.1 Å². The predicted octanol–water partition coefficient (Wildman–Crippen LogP) is 8.15. The molecule has 0 aliphatic heterocycles. The molecule has 0 atom stereocenters. The first kappa shape index (κ1) is 31.1. The van der Waals surface area contributed by atoms with Crippen LogP contribution in [-0.2, 0) is 9.59 Å². The number of allylic oxidation sites excluding steroid dienone is 2. The summed E-state index contributed by atoms with van der Waals surface area (Å²) in [6.07, 6.45) is 5.77. The number of benzene rings is 2. The van der Waals surface area contributed by atoms with E-state index in [0.717, 1.165) is 25.7 Å². The standard InChI is InChI=1S/C36H44N2O4/c1-35(2)21-27(31(29(39)23-35)33(41)25-15-9-7-10-16-25)37-19-13-5-6-14-20-38-28-22-36(3,4)24-30(40)32(28)34(42)26-17-11-8-12-18-26/h7-12,15-18,41-42H,5-6,13-14,19-24H2,1-4H3/b33-31+,34-32+,37-27?,38-28?. The molecule has 4 rings (SSSR count). The third-order valence-electron chi connectivity index (χ3n) is 7.94. The van der Waals surface area contributed by atoms with Gasteiger partial charge in [0.05, 0.1) is 11.1 Å². The molecule has 2 N–H and O–H groups in total. The van der Waals surface area contributed by atoms with Crippen molar-refractivity contribution in [3.05, 3.63) is 82.9 Å². The molecule has 0 heterocycles. The fraction of sp³-hybridized carbons (Fsp3) is 0.444. The van der Waals surface area contributed by atoms with Gasteiger partial charge in [0, 0.05) is 48.5 Å². The van der Waals surface area contributed by atoms with Crippen molar-refractivity contribution >= 4 is 34.5 Å². The summed E-state index contributed by atoms with van der Waals surface area (Å²) >= 11 is 0. The van der Waals surface area contributed by atoms with E-state index in [1.807, 2.05) is 60.7 Å². The first-order chi connectivity index (χ1) is 20.0. The molecule has 6 nitrogen and oxygen atoms in total. The number of unbranched alkanes of at least 4 members (excludes halogenated alkanes) is 3. The normalized spacial score (nSPS) is 22.9. The van der Waals surface area contributed by atoms with E-state index in [1.165, 1.54) is 0 Å². The SMILES string of the molecule is CC1(C)CC(=O)/C(=C(/O)c2ccccc2)C(=NCCCCCCN=C2CC(C)(C)CC(=O)/C2=C(/O)c2ccccc2)C1. The summed E-state index contributed by atoms with van der Waals surface area (Å²) in [4.78, 5) is 35.7. The zero-order valence-corrected chi connectivity index (χ0v) is 25.4. The fourth-order valence-corrected chi connectivity index (χ4v) is 5.87. The maximum atomic E-state index is 13.0. The molecule has 2 aromatic rings. The van der Waals surface area contributed by atoms with Gasteiger partial charge in [-0.25, -0.2) is 0 Å². The number of aliphatic imine (C=N–C) groups is 2. The van der Waals surface area contributed by atoms with Crippen LogP contribution in [0.1, 0.15) is 90.2 Å². The Morgan fingerprint density at radius 2 is 0.952 bits per heavy atom. The highest BCUT2D eigenvalue weighted by molar-refractivity contribution is 6.29. The van der Waals surface area contributed by atoms with Gasteiger partial charge in [0.2, 0.25) is 0 Å². The lowest BCUT2D eigenvalue weighted by atomic mass is 9.73. The number of ketones is 2. The van der Waals surface area contributed by atoms with E-state index < -0.39 is 0 Å². The van der Waals surface area contributed by atoms with Crippen molar-refractivity contribution in [3.63, 3.8) is 0 Å². The quantitative estimate of drug-likeness (QED) is 0.181. The molecule has 2 saturated carbocycles. The van der Waals surface area contributed by atoms with E-state index in [2.05, 4.69) is 27.7 Å². The van der Waals surface area contributed by atoms with E-state index in [0.29, 0.717) is 72.5 Å². The second-order valence-electron chi connectivity index (χ2n) is 13.1. The van der Waals surface area contributed by atoms with Gasteiger partial charge in [-0.15, -0.1) is 0 Å². The topological polar surface area (TPSA) is 99.3 Å². The van der Waals surface area contributed by atoms with Gasteiger partial charge in [0.1, 0.15) is 11.5 Å². The summed E-state index contributed by atoms with van der Waals surface area (Å²) in [6, 6.07) is 18.4. The van der Waals surface area contributed by atoms with E-state index in [1.54, 1.807) is 0 Å². The van der Waals surface area contributed by atoms with Crippen LogP contribution in [0.2, 0.25) is 0 Å². The van der Waals surface area contributed by atoms with Crippen LogP contribution in [0.25, 0.3) is 11.5 Å². The number of rotatable bonds is 9. The second-order valence-corrected chi connectivity index (χ2v) is 13.1. The highest BCUT2D eigenvalue weighted by Crippen LogP contribution is 2.38. The molecule has 0 spiro atoms. The number of nitrogens with zero attached hydrogens (tertiary/aromatic N) is 2. The number of hydrogen-bond acceptors (Lipinski definition) is 6. The highest BCUT2D eigenvalue weighted by atomic mass is 16.3. The lowest BCUT2D eigenvalue weighted by Crippen LogP contribution is -2.32. The Morgan fingerprint density at radius 1 is 0.595 bits per heavy atom. The first-order valence-corrected chi connectivity index (χ1v) is 15.1. The van der Waals surface area contributed by atoms with Crippen molar-refractivity contribution in [1.82, 2.24) is 0 Å². The predicted molar refractivity (Wildman–Crippen MR) is 171 cm³/mol. The molecule has 0 aromatic heterocycles. The van der Waals surface area contributed by atoms with Crippen molar-refractivity contribution in [2.24, 2.45) is 20.8 Å². The average Bonchev–Trinajstić information content (AvgIpc) is 2.93. The van der Waals surface area contributed by atoms with E-state index >= 15 is 0 Å². The molecule has 0 unspecified atom stereocenters. The van der Waals surface area contributed by atoms with Gasteiger partial charge in [-0.1, -0.05) is 101 Å². The summed E-state index contributed by atoms with van der Waals surface area (Å²) in [5.74, 6) is -0.0711. The molecule has 0 amide bonds. The van der Waals surface area contributed by atoms with Gasteiger partial charge < -0.3 is 10.2 Å². The van der Waals surface area contributed by atoms with Gasteiger partial charge >= 0.3 is 0 Å². The van der Waals surface area contributed by atoms with Crippen LogP contribution >= 0.6 is 0 Å². The lowest BCUT2D eigenvalue weighted by Gasteiger charge is -2.31. The summed E-state index contributed by atoms with van der Waals surface area (Å²) in [5.41, 5.74) is 3.02. The Labute approximate surface area is 250 Å². The molecular formula is C36H44N2O4. The van der Waals surface area contributed by atoms with Crippen LogP contribution in [0, 0.1) is 10.8 Å². The average molecular weight is 569 g/mol. The minimum atomic E-state index is -0.188. The van der Waals surface area contributed by atoms with E-state index in [4.69, 9.17) is 9.98 Å². The molecule has 42 heavy (non-hydrogen) atoms. The number of aliphatic hydroxyl groups is 2. The van der Waals surface area contributed by atoms with Gasteiger partial charge in [0.15, 0.2) is 11.6 Å². The molecule has 2 aromatic carbocycles. The van der Waals surface area contributed by atoms with Crippen molar-refractivity contribution in [2.75, 3.05) is 13.1 Å². The lowest BCUT2D eigenvalue weighted by molar-refractivity contribution is -0.118. The summed E-state index contributed by atoms with van der Waals surface area (Å²) < 4.78 is 0. The van der Waals surface area contributed by atoms with Gasteiger partial charge in [-0.05, 0) is 36.5 Å². The van der Waals surface area contributed by atoms with Crippen molar-refractivity contribution in [1.29, 1.82) is 0 Å². The monoisotopic (exact) mass is 568 g/mol.